The summed E-state index contributed by atoms with van der Waals surface area (Å²) in [5, 5.41) is 2.92. The van der Waals surface area contributed by atoms with Gasteiger partial charge in [0.2, 0.25) is 0 Å². The van der Waals surface area contributed by atoms with Gasteiger partial charge in [-0.2, -0.15) is 0 Å². The highest BCUT2D eigenvalue weighted by atomic mass is 32.2. The van der Waals surface area contributed by atoms with Gasteiger partial charge in [-0.3, -0.25) is 0 Å². The summed E-state index contributed by atoms with van der Waals surface area (Å²) >= 11 is -0.816. The van der Waals surface area contributed by atoms with Crippen LogP contribution in [0.5, 0.6) is 0 Å². The number of allylic oxidation sites excluding steroid dienone is 1. The Kier molecular flexibility index (Phi) is 2.40. The molecule has 0 amide bonds. The van der Waals surface area contributed by atoms with E-state index in [1.165, 1.54) is 0 Å². The third-order valence-corrected chi connectivity index (χ3v) is 3.83. The quantitative estimate of drug-likeness (QED) is 0.604. The van der Waals surface area contributed by atoms with Crippen LogP contribution in [0.15, 0.2) is 10.7 Å². The van der Waals surface area contributed by atoms with Gasteiger partial charge in [-0.15, -0.1) is 5.53 Å². The van der Waals surface area contributed by atoms with Crippen LogP contribution in [-0.2, 0) is 11.2 Å². The minimum atomic E-state index is -0.816. The Balaban J connectivity index is 2.23. The molecule has 5 heteroatoms. The van der Waals surface area contributed by atoms with Crippen LogP contribution >= 0.6 is 0 Å². The fourth-order valence-electron chi connectivity index (χ4n) is 1.63. The minimum Gasteiger partial charge on any atom is -0.610 e. The van der Waals surface area contributed by atoms with Crippen molar-refractivity contribution in [3.05, 3.63) is 10.7 Å². The normalized spacial score (nSPS) is 28.0. The van der Waals surface area contributed by atoms with Crippen molar-refractivity contribution in [3.63, 3.8) is 0 Å². The SMILES string of the molecule is CC(C)N1NNC2=C1[S+]([O-])CCC2. The summed E-state index contributed by atoms with van der Waals surface area (Å²) < 4.78 is 11.7. The summed E-state index contributed by atoms with van der Waals surface area (Å²) in [5.74, 6) is 0.797. The van der Waals surface area contributed by atoms with Gasteiger partial charge in [0.05, 0.1) is 0 Å². The number of hydrogen-bond acceptors (Lipinski definition) is 4. The van der Waals surface area contributed by atoms with Gasteiger partial charge < -0.3 is 9.98 Å². The molecule has 0 aromatic heterocycles. The van der Waals surface area contributed by atoms with Gasteiger partial charge in [0.1, 0.15) is 11.4 Å². The van der Waals surface area contributed by atoms with Crippen LogP contribution in [0.1, 0.15) is 26.7 Å². The first-order valence-electron chi connectivity index (χ1n) is 4.62. The van der Waals surface area contributed by atoms with E-state index < -0.39 is 11.2 Å². The summed E-state index contributed by atoms with van der Waals surface area (Å²) in [6.45, 7) is 4.16. The van der Waals surface area contributed by atoms with Crippen LogP contribution < -0.4 is 11.0 Å². The Morgan fingerprint density at radius 3 is 3.00 bits per heavy atom. The van der Waals surface area contributed by atoms with E-state index in [9.17, 15) is 4.55 Å². The maximum atomic E-state index is 11.7. The molecule has 2 rings (SSSR count). The average molecular weight is 201 g/mol. The molecule has 0 radical (unpaired) electrons. The van der Waals surface area contributed by atoms with Crippen molar-refractivity contribution in [2.24, 2.45) is 0 Å². The predicted octanol–water partition coefficient (Wildman–Crippen LogP) is 0.431. The highest BCUT2D eigenvalue weighted by molar-refractivity contribution is 7.95. The lowest BCUT2D eigenvalue weighted by atomic mass is 10.2. The fraction of sp³-hybridized carbons (Fsp3) is 0.750. The van der Waals surface area contributed by atoms with E-state index in [1.54, 1.807) is 0 Å². The standard InChI is InChI=1S/C8H15N3OS/c1-6(2)11-8-7(9-10-11)4-3-5-13(8)12/h6,9-10H,3-5H2,1-2H3. The van der Waals surface area contributed by atoms with Crippen molar-refractivity contribution in [2.75, 3.05) is 5.75 Å². The molecular formula is C8H15N3OS. The van der Waals surface area contributed by atoms with E-state index in [0.29, 0.717) is 6.04 Å². The first kappa shape index (κ1) is 9.18. The second-order valence-corrected chi connectivity index (χ2v) is 5.12. The van der Waals surface area contributed by atoms with E-state index in [2.05, 4.69) is 24.8 Å². The molecular weight excluding hydrogens is 186 g/mol. The molecule has 2 N–H and O–H groups in total. The molecule has 74 valence electrons. The summed E-state index contributed by atoms with van der Waals surface area (Å²) in [6, 6.07) is 0.335. The van der Waals surface area contributed by atoms with Gasteiger partial charge in [-0.1, -0.05) is 0 Å². The molecule has 0 spiro atoms. The molecule has 0 saturated heterocycles. The number of hydrazine groups is 2. The van der Waals surface area contributed by atoms with E-state index in [4.69, 9.17) is 0 Å². The molecule has 2 heterocycles. The third-order valence-electron chi connectivity index (χ3n) is 2.29. The van der Waals surface area contributed by atoms with Gasteiger partial charge in [-0.05, 0) is 26.7 Å². The monoisotopic (exact) mass is 201 g/mol. The van der Waals surface area contributed by atoms with Gasteiger partial charge in [-0.25, -0.2) is 5.01 Å². The Hall–Kier alpha value is -0.390. The lowest BCUT2D eigenvalue weighted by molar-refractivity contribution is 0.213. The fourth-order valence-corrected chi connectivity index (χ4v) is 3.14. The molecule has 0 aromatic rings. The lowest BCUT2D eigenvalue weighted by Gasteiger charge is -2.26. The van der Waals surface area contributed by atoms with Crippen LogP contribution in [0.2, 0.25) is 0 Å². The molecule has 1 atom stereocenters. The highest BCUT2D eigenvalue weighted by Gasteiger charge is 2.36. The minimum absolute atomic E-state index is 0.335. The molecule has 13 heavy (non-hydrogen) atoms. The topological polar surface area (TPSA) is 50.4 Å². The van der Waals surface area contributed by atoms with Crippen molar-refractivity contribution < 1.29 is 4.55 Å². The van der Waals surface area contributed by atoms with E-state index in [0.717, 1.165) is 29.3 Å². The van der Waals surface area contributed by atoms with Crippen LogP contribution in [-0.4, -0.2) is 21.4 Å². The highest BCUT2D eigenvalue weighted by Crippen LogP contribution is 2.28. The Morgan fingerprint density at radius 2 is 2.31 bits per heavy atom. The molecule has 4 nitrogen and oxygen atoms in total. The lowest BCUT2D eigenvalue weighted by Crippen LogP contribution is -2.43. The summed E-state index contributed by atoms with van der Waals surface area (Å²) in [4.78, 5) is 0. The molecule has 0 fully saturated rings. The largest absolute Gasteiger partial charge is 0.610 e. The molecule has 0 aliphatic carbocycles. The Bertz CT molecular complexity index is 242. The van der Waals surface area contributed by atoms with Gasteiger partial charge in [0.25, 0.3) is 5.03 Å². The zero-order chi connectivity index (χ0) is 9.42. The number of nitrogens with one attached hydrogen (secondary N) is 2. The van der Waals surface area contributed by atoms with Crippen LogP contribution in [0.25, 0.3) is 0 Å². The Labute approximate surface area is 81.5 Å². The van der Waals surface area contributed by atoms with E-state index >= 15 is 0 Å². The van der Waals surface area contributed by atoms with Crippen LogP contribution in [0, 0.1) is 0 Å². The van der Waals surface area contributed by atoms with Crippen molar-refractivity contribution in [1.82, 2.24) is 16.0 Å². The van der Waals surface area contributed by atoms with Gasteiger partial charge >= 0.3 is 0 Å². The Morgan fingerprint density at radius 1 is 1.54 bits per heavy atom. The van der Waals surface area contributed by atoms with Crippen LogP contribution in [0.4, 0.5) is 0 Å². The maximum absolute atomic E-state index is 11.7. The summed E-state index contributed by atoms with van der Waals surface area (Å²) in [5.41, 5.74) is 7.24. The van der Waals surface area contributed by atoms with Crippen molar-refractivity contribution in [1.29, 1.82) is 0 Å². The number of rotatable bonds is 1. The van der Waals surface area contributed by atoms with E-state index in [-0.39, 0.29) is 0 Å². The predicted molar refractivity (Wildman–Crippen MR) is 52.5 cm³/mol. The second kappa shape index (κ2) is 3.40. The molecule has 0 aromatic carbocycles. The first-order valence-corrected chi connectivity index (χ1v) is 5.94. The van der Waals surface area contributed by atoms with Crippen LogP contribution in [0.3, 0.4) is 0 Å². The number of hydrogen-bond donors (Lipinski definition) is 2. The maximum Gasteiger partial charge on any atom is 0.257 e. The second-order valence-electron chi connectivity index (χ2n) is 3.64. The average Bonchev–Trinajstić information content (AvgIpc) is 2.49. The summed E-state index contributed by atoms with van der Waals surface area (Å²) in [7, 11) is 0. The molecule has 2 aliphatic heterocycles. The van der Waals surface area contributed by atoms with Crippen molar-refractivity contribution in [3.8, 4) is 0 Å². The molecule has 2 aliphatic rings. The first-order chi connectivity index (χ1) is 6.20. The molecule has 1 unspecified atom stereocenters. The zero-order valence-electron chi connectivity index (χ0n) is 7.96. The molecule has 0 saturated carbocycles. The molecule has 0 bridgehead atoms. The van der Waals surface area contributed by atoms with Crippen molar-refractivity contribution >= 4 is 11.2 Å². The van der Waals surface area contributed by atoms with E-state index in [1.807, 2.05) is 5.01 Å². The smallest absolute Gasteiger partial charge is 0.257 e. The summed E-state index contributed by atoms with van der Waals surface area (Å²) in [6.07, 6.45) is 2.03. The number of nitrogens with zero attached hydrogens (tertiary/aromatic N) is 1. The third kappa shape index (κ3) is 1.51. The van der Waals surface area contributed by atoms with Gasteiger partial charge in [0.15, 0.2) is 0 Å². The van der Waals surface area contributed by atoms with Crippen molar-refractivity contribution in [2.45, 2.75) is 32.7 Å². The van der Waals surface area contributed by atoms with Gasteiger partial charge in [0, 0.05) is 17.2 Å². The zero-order valence-corrected chi connectivity index (χ0v) is 8.78.